The van der Waals surface area contributed by atoms with Crippen molar-refractivity contribution in [1.29, 1.82) is 0 Å². The van der Waals surface area contributed by atoms with Crippen LogP contribution in [0.25, 0.3) is 0 Å². The molecule has 0 spiro atoms. The van der Waals surface area contributed by atoms with Gasteiger partial charge in [-0.3, -0.25) is 19.4 Å². The SMILES string of the molecule is CCOC(=O)CN(CCN(CC(=O)O)Cc1ccccc1O)Cc1ccccc1O. The molecule has 0 heterocycles. The lowest BCUT2D eigenvalue weighted by Gasteiger charge is -2.26. The van der Waals surface area contributed by atoms with Gasteiger partial charge in [-0.15, -0.1) is 0 Å². The number of hydrogen-bond donors (Lipinski definition) is 3. The Bertz CT molecular complexity index is 842. The smallest absolute Gasteiger partial charge is 0.320 e. The van der Waals surface area contributed by atoms with Crippen LogP contribution in [0.3, 0.4) is 0 Å². The molecule has 30 heavy (non-hydrogen) atoms. The van der Waals surface area contributed by atoms with Crippen molar-refractivity contribution in [2.24, 2.45) is 0 Å². The third-order valence-electron chi connectivity index (χ3n) is 4.52. The summed E-state index contributed by atoms with van der Waals surface area (Å²) in [5, 5.41) is 29.3. The summed E-state index contributed by atoms with van der Waals surface area (Å²) >= 11 is 0. The van der Waals surface area contributed by atoms with E-state index < -0.39 is 11.9 Å². The van der Waals surface area contributed by atoms with Crippen molar-refractivity contribution in [3.05, 3.63) is 59.7 Å². The summed E-state index contributed by atoms with van der Waals surface area (Å²) in [5.74, 6) is -1.14. The van der Waals surface area contributed by atoms with Gasteiger partial charge in [0.15, 0.2) is 0 Å². The van der Waals surface area contributed by atoms with E-state index in [1.54, 1.807) is 65.3 Å². The number of phenolic OH excluding ortho intramolecular Hbond substituents is 2. The Morgan fingerprint density at radius 1 is 0.833 bits per heavy atom. The zero-order chi connectivity index (χ0) is 21.9. The van der Waals surface area contributed by atoms with Crippen molar-refractivity contribution in [2.45, 2.75) is 20.0 Å². The second-order valence-corrected chi connectivity index (χ2v) is 6.88. The molecule has 0 radical (unpaired) electrons. The lowest BCUT2D eigenvalue weighted by molar-refractivity contribution is -0.145. The third kappa shape index (κ3) is 7.73. The first-order valence-corrected chi connectivity index (χ1v) is 9.75. The van der Waals surface area contributed by atoms with Crippen LogP contribution in [0.5, 0.6) is 11.5 Å². The first-order chi connectivity index (χ1) is 14.4. The van der Waals surface area contributed by atoms with Crippen LogP contribution < -0.4 is 0 Å². The highest BCUT2D eigenvalue weighted by Gasteiger charge is 2.18. The van der Waals surface area contributed by atoms with E-state index in [9.17, 15) is 24.9 Å². The van der Waals surface area contributed by atoms with Crippen molar-refractivity contribution in [1.82, 2.24) is 9.80 Å². The minimum absolute atomic E-state index is 0.0136. The maximum Gasteiger partial charge on any atom is 0.320 e. The number of carbonyl (C=O) groups excluding carboxylic acids is 1. The number of carboxylic acid groups (broad SMARTS) is 1. The molecule has 2 aromatic rings. The lowest BCUT2D eigenvalue weighted by Crippen LogP contribution is -2.39. The van der Waals surface area contributed by atoms with E-state index in [1.807, 2.05) is 0 Å². The minimum Gasteiger partial charge on any atom is -0.508 e. The molecule has 0 atom stereocenters. The monoisotopic (exact) mass is 416 g/mol. The van der Waals surface area contributed by atoms with Gasteiger partial charge in [-0.1, -0.05) is 36.4 Å². The number of aromatic hydroxyl groups is 2. The lowest BCUT2D eigenvalue weighted by atomic mass is 10.1. The van der Waals surface area contributed by atoms with Gasteiger partial charge >= 0.3 is 11.9 Å². The molecular weight excluding hydrogens is 388 g/mol. The van der Waals surface area contributed by atoms with E-state index in [0.717, 1.165) is 0 Å². The van der Waals surface area contributed by atoms with E-state index in [4.69, 9.17) is 4.74 Å². The molecule has 8 nitrogen and oxygen atoms in total. The molecular formula is C22H28N2O6. The number of aliphatic carboxylic acids is 1. The second-order valence-electron chi connectivity index (χ2n) is 6.88. The maximum atomic E-state index is 12.0. The molecule has 0 amide bonds. The molecule has 2 rings (SSSR count). The summed E-state index contributed by atoms with van der Waals surface area (Å²) < 4.78 is 5.04. The highest BCUT2D eigenvalue weighted by molar-refractivity contribution is 5.71. The summed E-state index contributed by atoms with van der Waals surface area (Å²) in [6, 6.07) is 13.6. The first kappa shape index (κ1) is 23.2. The summed E-state index contributed by atoms with van der Waals surface area (Å²) in [7, 11) is 0. The number of carbonyl (C=O) groups is 2. The summed E-state index contributed by atoms with van der Waals surface area (Å²) in [6.45, 7) is 3.07. The Hall–Kier alpha value is -3.10. The van der Waals surface area contributed by atoms with Gasteiger partial charge in [0.25, 0.3) is 0 Å². The molecule has 8 heteroatoms. The molecule has 0 fully saturated rings. The molecule has 2 aromatic carbocycles. The fourth-order valence-corrected chi connectivity index (χ4v) is 3.06. The van der Waals surface area contributed by atoms with Gasteiger partial charge in [-0.05, 0) is 19.1 Å². The summed E-state index contributed by atoms with van der Waals surface area (Å²) in [4.78, 5) is 26.8. The molecule has 0 saturated carbocycles. The fraction of sp³-hybridized carbons (Fsp3) is 0.364. The van der Waals surface area contributed by atoms with Gasteiger partial charge in [0.05, 0.1) is 19.7 Å². The number of nitrogens with zero attached hydrogens (tertiary/aromatic N) is 2. The van der Waals surface area contributed by atoms with Gasteiger partial charge < -0.3 is 20.1 Å². The summed E-state index contributed by atoms with van der Waals surface area (Å²) in [5.41, 5.74) is 1.28. The summed E-state index contributed by atoms with van der Waals surface area (Å²) in [6.07, 6.45) is 0. The van der Waals surface area contributed by atoms with Crippen LogP contribution in [-0.2, 0) is 27.4 Å². The van der Waals surface area contributed by atoms with E-state index in [-0.39, 0.29) is 37.7 Å². The van der Waals surface area contributed by atoms with E-state index in [0.29, 0.717) is 30.8 Å². The minimum atomic E-state index is -0.983. The molecule has 0 aliphatic carbocycles. The Morgan fingerprint density at radius 2 is 1.30 bits per heavy atom. The van der Waals surface area contributed by atoms with Gasteiger partial charge in [0, 0.05) is 37.3 Å². The number of ether oxygens (including phenoxy) is 1. The highest BCUT2D eigenvalue weighted by Crippen LogP contribution is 2.19. The molecule has 162 valence electrons. The molecule has 0 aliphatic rings. The van der Waals surface area contributed by atoms with Crippen molar-refractivity contribution >= 4 is 11.9 Å². The zero-order valence-electron chi connectivity index (χ0n) is 17.0. The maximum absolute atomic E-state index is 12.0. The Labute approximate surface area is 175 Å². The van der Waals surface area contributed by atoms with Crippen molar-refractivity contribution in [3.63, 3.8) is 0 Å². The average Bonchev–Trinajstić information content (AvgIpc) is 2.69. The van der Waals surface area contributed by atoms with Gasteiger partial charge in [-0.25, -0.2) is 0 Å². The Balaban J connectivity index is 2.10. The molecule has 0 bridgehead atoms. The van der Waals surface area contributed by atoms with E-state index in [2.05, 4.69) is 0 Å². The van der Waals surface area contributed by atoms with Crippen LogP contribution >= 0.6 is 0 Å². The molecule has 0 saturated heterocycles. The van der Waals surface area contributed by atoms with Crippen LogP contribution in [0.4, 0.5) is 0 Å². The van der Waals surface area contributed by atoms with Crippen LogP contribution in [0, 0.1) is 0 Å². The topological polar surface area (TPSA) is 111 Å². The Kier molecular flexibility index (Phi) is 9.11. The van der Waals surface area contributed by atoms with Gasteiger partial charge in [0.2, 0.25) is 0 Å². The fourth-order valence-electron chi connectivity index (χ4n) is 3.06. The predicted octanol–water partition coefficient (Wildman–Crippen LogP) is 2.05. The van der Waals surface area contributed by atoms with Crippen LogP contribution in [0.15, 0.2) is 48.5 Å². The van der Waals surface area contributed by atoms with Crippen LogP contribution in [-0.4, -0.2) is 69.8 Å². The number of hydrogen-bond acceptors (Lipinski definition) is 7. The molecule has 0 aliphatic heterocycles. The van der Waals surface area contributed by atoms with Gasteiger partial charge in [-0.2, -0.15) is 0 Å². The Morgan fingerprint density at radius 3 is 1.73 bits per heavy atom. The number of phenols is 2. The number of carboxylic acids is 1. The van der Waals surface area contributed by atoms with Crippen molar-refractivity contribution < 1.29 is 29.6 Å². The average molecular weight is 416 g/mol. The second kappa shape index (κ2) is 11.8. The largest absolute Gasteiger partial charge is 0.508 e. The van der Waals surface area contributed by atoms with E-state index in [1.165, 1.54) is 0 Å². The highest BCUT2D eigenvalue weighted by atomic mass is 16.5. The quantitative estimate of drug-likeness (QED) is 0.451. The molecule has 0 unspecified atom stereocenters. The molecule has 3 N–H and O–H groups in total. The van der Waals surface area contributed by atoms with Crippen LogP contribution in [0.2, 0.25) is 0 Å². The van der Waals surface area contributed by atoms with Crippen LogP contribution in [0.1, 0.15) is 18.1 Å². The number of para-hydroxylation sites is 2. The number of benzene rings is 2. The standard InChI is InChI=1S/C22H28N2O6/c1-2-30-22(29)16-24(14-18-8-4-6-10-20(18)26)12-11-23(15-21(27)28)13-17-7-3-5-9-19(17)25/h3-10,25-26H,2,11-16H2,1H3,(H,27,28). The zero-order valence-corrected chi connectivity index (χ0v) is 17.0. The number of esters is 1. The molecule has 0 aromatic heterocycles. The van der Waals surface area contributed by atoms with Crippen molar-refractivity contribution in [2.75, 3.05) is 32.8 Å². The van der Waals surface area contributed by atoms with Crippen molar-refractivity contribution in [3.8, 4) is 11.5 Å². The normalized spacial score (nSPS) is 11.0. The third-order valence-corrected chi connectivity index (χ3v) is 4.52. The van der Waals surface area contributed by atoms with Gasteiger partial charge in [0.1, 0.15) is 11.5 Å². The number of rotatable bonds is 12. The first-order valence-electron chi connectivity index (χ1n) is 9.75. The van der Waals surface area contributed by atoms with E-state index >= 15 is 0 Å². The predicted molar refractivity (Wildman–Crippen MR) is 111 cm³/mol.